The highest BCUT2D eigenvalue weighted by molar-refractivity contribution is 7.99. The summed E-state index contributed by atoms with van der Waals surface area (Å²) in [6, 6.07) is 3.68. The first kappa shape index (κ1) is 24.3. The Morgan fingerprint density at radius 1 is 1.32 bits per heavy atom. The van der Waals surface area contributed by atoms with E-state index in [1.165, 1.54) is 16.2 Å². The minimum Gasteiger partial charge on any atom is -0.392 e. The van der Waals surface area contributed by atoms with Gasteiger partial charge in [-0.3, -0.25) is 14.9 Å². The van der Waals surface area contributed by atoms with Gasteiger partial charge in [0.25, 0.3) is 5.91 Å². The van der Waals surface area contributed by atoms with Crippen LogP contribution in [0, 0.1) is 23.2 Å². The Morgan fingerprint density at radius 3 is 2.79 bits per heavy atom. The fourth-order valence-corrected chi connectivity index (χ4v) is 9.20. The second-order valence-corrected chi connectivity index (χ2v) is 13.6. The van der Waals surface area contributed by atoms with E-state index in [4.69, 9.17) is 4.98 Å². The number of hydrogen-bond acceptors (Lipinski definition) is 7. The molecular weight excluding hydrogens is 486 g/mol. The number of aromatic nitrogens is 1. The number of nitrogens with one attached hydrogen (secondary N) is 1. The minimum absolute atomic E-state index is 0.0270. The molecule has 3 heterocycles. The van der Waals surface area contributed by atoms with Crippen molar-refractivity contribution in [1.82, 2.24) is 9.88 Å². The molecule has 1 aliphatic heterocycles. The van der Waals surface area contributed by atoms with E-state index in [1.54, 1.807) is 11.3 Å². The number of thiazole rings is 1. The van der Waals surface area contributed by atoms with Crippen LogP contribution in [0.5, 0.6) is 0 Å². The van der Waals surface area contributed by atoms with Crippen LogP contribution >= 0.6 is 34.4 Å². The number of carbonyl (C=O) groups is 2. The zero-order valence-corrected chi connectivity index (χ0v) is 22.4. The van der Waals surface area contributed by atoms with Crippen molar-refractivity contribution < 1.29 is 14.7 Å². The van der Waals surface area contributed by atoms with E-state index in [-0.39, 0.29) is 40.9 Å². The summed E-state index contributed by atoms with van der Waals surface area (Å²) in [6.07, 6.45) is 2.18. The highest BCUT2D eigenvalue weighted by Crippen LogP contribution is 2.57. The Bertz CT molecular complexity index is 1050. The molecule has 1 saturated carbocycles. The molecule has 2 aliphatic carbocycles. The van der Waals surface area contributed by atoms with Crippen LogP contribution in [-0.4, -0.2) is 57.5 Å². The van der Waals surface area contributed by atoms with Gasteiger partial charge < -0.3 is 10.0 Å². The van der Waals surface area contributed by atoms with Crippen LogP contribution in [0.25, 0.3) is 0 Å². The van der Waals surface area contributed by atoms with E-state index in [0.29, 0.717) is 10.0 Å². The molecule has 9 heteroatoms. The monoisotopic (exact) mass is 519 g/mol. The summed E-state index contributed by atoms with van der Waals surface area (Å²) in [5.41, 5.74) is 0.967. The zero-order chi connectivity index (χ0) is 24.0. The van der Waals surface area contributed by atoms with Crippen molar-refractivity contribution in [1.29, 1.82) is 0 Å². The number of amides is 2. The van der Waals surface area contributed by atoms with Crippen molar-refractivity contribution in [3.63, 3.8) is 0 Å². The summed E-state index contributed by atoms with van der Waals surface area (Å²) in [4.78, 5) is 34.5. The lowest BCUT2D eigenvalue weighted by molar-refractivity contribution is -0.144. The third kappa shape index (κ3) is 4.33. The number of nitrogens with zero attached hydrogens (tertiary/aromatic N) is 2. The van der Waals surface area contributed by atoms with Crippen LogP contribution in [0.4, 0.5) is 5.13 Å². The van der Waals surface area contributed by atoms with Crippen molar-refractivity contribution in [3.05, 3.63) is 33.0 Å². The number of thioether (sulfide) groups is 1. The van der Waals surface area contributed by atoms with Crippen LogP contribution in [0.2, 0.25) is 0 Å². The van der Waals surface area contributed by atoms with Crippen molar-refractivity contribution in [2.75, 3.05) is 29.9 Å². The molecule has 0 aromatic carbocycles. The van der Waals surface area contributed by atoms with Crippen LogP contribution in [0.15, 0.2) is 17.5 Å². The van der Waals surface area contributed by atoms with E-state index in [9.17, 15) is 14.7 Å². The first-order valence-electron chi connectivity index (χ1n) is 12.2. The second-order valence-electron chi connectivity index (χ2n) is 10.3. The molecule has 2 N–H and O–H groups in total. The predicted octanol–water partition coefficient (Wildman–Crippen LogP) is 4.72. The molecule has 0 radical (unpaired) electrons. The molecule has 5 rings (SSSR count). The van der Waals surface area contributed by atoms with Gasteiger partial charge in [-0.15, -0.1) is 22.7 Å². The lowest BCUT2D eigenvalue weighted by atomic mass is 9.53. The van der Waals surface area contributed by atoms with Crippen molar-refractivity contribution in [3.8, 4) is 0 Å². The molecule has 2 amide bonds. The third-order valence-electron chi connectivity index (χ3n) is 8.24. The van der Waals surface area contributed by atoms with E-state index >= 15 is 0 Å². The van der Waals surface area contributed by atoms with Gasteiger partial charge in [-0.25, -0.2) is 4.98 Å². The molecule has 6 atom stereocenters. The molecule has 0 bridgehead atoms. The fraction of sp³-hybridized carbons (Fsp3) is 0.640. The van der Waals surface area contributed by atoms with E-state index in [2.05, 4.69) is 19.2 Å². The lowest BCUT2D eigenvalue weighted by Gasteiger charge is -2.53. The summed E-state index contributed by atoms with van der Waals surface area (Å²) in [5.74, 6) is 2.00. The maximum absolute atomic E-state index is 13.2. The highest BCUT2D eigenvalue weighted by atomic mass is 32.2. The Hall–Kier alpha value is -1.42. The maximum atomic E-state index is 13.2. The molecular formula is C25H33N3O3S3. The van der Waals surface area contributed by atoms with Gasteiger partial charge >= 0.3 is 0 Å². The summed E-state index contributed by atoms with van der Waals surface area (Å²) in [6.45, 7) is 8.09. The van der Waals surface area contributed by atoms with E-state index in [1.807, 2.05) is 41.1 Å². The third-order valence-corrected chi connectivity index (χ3v) is 11.0. The van der Waals surface area contributed by atoms with Gasteiger partial charge in [0.05, 0.1) is 16.7 Å². The summed E-state index contributed by atoms with van der Waals surface area (Å²) >= 11 is 4.89. The van der Waals surface area contributed by atoms with Gasteiger partial charge in [0, 0.05) is 41.3 Å². The highest BCUT2D eigenvalue weighted by Gasteiger charge is 2.54. The number of rotatable bonds is 4. The topological polar surface area (TPSA) is 82.5 Å². The van der Waals surface area contributed by atoms with Crippen molar-refractivity contribution >= 4 is 51.4 Å². The quantitative estimate of drug-likeness (QED) is 0.611. The van der Waals surface area contributed by atoms with Gasteiger partial charge in [0.2, 0.25) is 5.91 Å². The molecule has 2 aromatic heterocycles. The standard InChI is InChI=1S/C25H33N3O3S3/c1-14(23(31)28-8-11-32-12-9-28)16-6-7-25(3)13-18-20(15(2)19(25)21(16)29)26-24(34-18)27-22(30)17-5-4-10-33-17/h4-5,10,14-16,19,21,29H,6-9,11-13H2,1-3H3,(H,26,27,30)/t14-,15+,16+,19+,21-,25+/m0/s1. The Labute approximate surface area is 213 Å². The number of aliphatic hydroxyl groups excluding tert-OH is 1. The van der Waals surface area contributed by atoms with Gasteiger partial charge in [-0.1, -0.05) is 26.8 Å². The molecule has 0 spiro atoms. The minimum atomic E-state index is -0.536. The molecule has 6 nitrogen and oxygen atoms in total. The molecule has 0 unspecified atom stereocenters. The van der Waals surface area contributed by atoms with E-state index in [0.717, 1.165) is 49.6 Å². The van der Waals surface area contributed by atoms with Gasteiger partial charge in [-0.2, -0.15) is 11.8 Å². The van der Waals surface area contributed by atoms with Crippen LogP contribution < -0.4 is 5.32 Å². The first-order chi connectivity index (χ1) is 16.3. The SMILES string of the molecule is C[C@H](C(=O)N1CCSCC1)[C@H]1CC[C@]2(C)Cc3sc(NC(=O)c4cccs4)nc3[C@H](C)[C@@H]2[C@H]1O. The predicted molar refractivity (Wildman–Crippen MR) is 140 cm³/mol. The average molecular weight is 520 g/mol. The van der Waals surface area contributed by atoms with Crippen molar-refractivity contribution in [2.45, 2.75) is 52.1 Å². The average Bonchev–Trinajstić information content (AvgIpc) is 3.49. The Morgan fingerprint density at radius 2 is 2.09 bits per heavy atom. The maximum Gasteiger partial charge on any atom is 0.267 e. The summed E-state index contributed by atoms with van der Waals surface area (Å²) in [7, 11) is 0. The molecule has 2 fully saturated rings. The summed E-state index contributed by atoms with van der Waals surface area (Å²) in [5, 5.41) is 17.1. The molecule has 1 saturated heterocycles. The van der Waals surface area contributed by atoms with Gasteiger partial charge in [0.1, 0.15) is 0 Å². The molecule has 2 aromatic rings. The Balaban J connectivity index is 1.34. The fourth-order valence-electron chi connectivity index (χ4n) is 6.42. The van der Waals surface area contributed by atoms with Gasteiger partial charge in [-0.05, 0) is 48.0 Å². The largest absolute Gasteiger partial charge is 0.392 e. The Kier molecular flexibility index (Phi) is 6.83. The van der Waals surface area contributed by atoms with Gasteiger partial charge in [0.15, 0.2) is 5.13 Å². The molecule has 184 valence electrons. The van der Waals surface area contributed by atoms with Crippen molar-refractivity contribution in [2.24, 2.45) is 23.2 Å². The molecule has 3 aliphatic rings. The van der Waals surface area contributed by atoms with Crippen LogP contribution in [0.3, 0.4) is 0 Å². The normalized spacial score (nSPS) is 31.9. The number of aliphatic hydroxyl groups is 1. The van der Waals surface area contributed by atoms with Crippen LogP contribution in [-0.2, 0) is 11.2 Å². The zero-order valence-electron chi connectivity index (χ0n) is 20.0. The molecule has 34 heavy (non-hydrogen) atoms. The lowest BCUT2D eigenvalue weighted by Crippen LogP contribution is -2.54. The first-order valence-corrected chi connectivity index (χ1v) is 15.0. The number of hydrogen-bond donors (Lipinski definition) is 2. The van der Waals surface area contributed by atoms with Crippen LogP contribution in [0.1, 0.15) is 59.8 Å². The number of thiophene rings is 1. The number of fused-ring (bicyclic) bond motifs is 2. The number of anilines is 1. The smallest absolute Gasteiger partial charge is 0.267 e. The number of carbonyl (C=O) groups excluding carboxylic acids is 2. The van der Waals surface area contributed by atoms with E-state index < -0.39 is 6.10 Å². The second kappa shape index (κ2) is 9.56. The summed E-state index contributed by atoms with van der Waals surface area (Å²) < 4.78 is 0.